The number of amides is 1. The van der Waals surface area contributed by atoms with Gasteiger partial charge in [-0.1, -0.05) is 24.4 Å². The smallest absolute Gasteiger partial charge is 0.377 e. The number of nitrogens with zero attached hydrogens (tertiary/aromatic N) is 3. The number of hydrogen-bond donors (Lipinski definition) is 0. The van der Waals surface area contributed by atoms with E-state index in [9.17, 15) is 14.9 Å². The first-order valence-electron chi connectivity index (χ1n) is 7.73. The molecule has 1 amide bonds. The maximum atomic E-state index is 12.5. The van der Waals surface area contributed by atoms with E-state index in [1.54, 1.807) is 14.0 Å². The molecule has 0 radical (unpaired) electrons. The van der Waals surface area contributed by atoms with E-state index >= 15 is 0 Å². The van der Waals surface area contributed by atoms with Gasteiger partial charge in [-0.2, -0.15) is 5.26 Å². The van der Waals surface area contributed by atoms with E-state index in [0.717, 1.165) is 19.3 Å². The molecule has 0 N–H and O–H groups in total. The van der Waals surface area contributed by atoms with E-state index in [0.29, 0.717) is 18.5 Å². The zero-order valence-electron chi connectivity index (χ0n) is 13.7. The summed E-state index contributed by atoms with van der Waals surface area (Å²) >= 11 is 0. The summed E-state index contributed by atoms with van der Waals surface area (Å²) in [5.41, 5.74) is -0.252. The molecule has 1 aliphatic carbocycles. The van der Waals surface area contributed by atoms with Gasteiger partial charge in [0.2, 0.25) is 5.76 Å². The average molecular weight is 319 g/mol. The van der Waals surface area contributed by atoms with E-state index in [2.05, 4.69) is 11.2 Å². The Morgan fingerprint density at radius 1 is 1.43 bits per heavy atom. The average Bonchev–Trinajstić information content (AvgIpc) is 3.00. The summed E-state index contributed by atoms with van der Waals surface area (Å²) in [7, 11) is 1.60. The molecular weight excluding hydrogens is 298 g/mol. The first kappa shape index (κ1) is 17.0. The van der Waals surface area contributed by atoms with E-state index < -0.39 is 23.5 Å². The van der Waals surface area contributed by atoms with Crippen molar-refractivity contribution in [2.24, 2.45) is 0 Å². The van der Waals surface area contributed by atoms with Gasteiger partial charge in [0.25, 0.3) is 5.91 Å². The molecule has 1 atom stereocenters. The summed E-state index contributed by atoms with van der Waals surface area (Å²) in [5.74, 6) is -1.18. The Kier molecular flexibility index (Phi) is 5.04. The Labute approximate surface area is 135 Å². The first-order chi connectivity index (χ1) is 10.9. The van der Waals surface area contributed by atoms with Crippen LogP contribution in [-0.4, -0.2) is 40.6 Å². The molecule has 0 aliphatic heterocycles. The van der Waals surface area contributed by atoms with Crippen LogP contribution < -0.4 is 0 Å². The zero-order valence-corrected chi connectivity index (χ0v) is 13.7. The second kappa shape index (κ2) is 6.82. The van der Waals surface area contributed by atoms with Crippen LogP contribution in [0.1, 0.15) is 55.3 Å². The van der Waals surface area contributed by atoms with Crippen LogP contribution in [0.2, 0.25) is 0 Å². The molecule has 0 unspecified atom stereocenters. The highest BCUT2D eigenvalue weighted by molar-refractivity contribution is 5.90. The molecule has 2 rings (SSSR count). The molecule has 7 nitrogen and oxygen atoms in total. The second-order valence-electron chi connectivity index (χ2n) is 5.98. The molecule has 1 heterocycles. The van der Waals surface area contributed by atoms with Crippen molar-refractivity contribution < 1.29 is 18.8 Å². The van der Waals surface area contributed by atoms with Gasteiger partial charge in [-0.3, -0.25) is 4.79 Å². The molecule has 0 bridgehead atoms. The number of aryl methyl sites for hydroxylation is 1. The van der Waals surface area contributed by atoms with Crippen LogP contribution in [0.5, 0.6) is 0 Å². The molecular formula is C16H21N3O4. The maximum absolute atomic E-state index is 12.5. The second-order valence-corrected chi connectivity index (χ2v) is 5.98. The molecule has 1 aromatic heterocycles. The number of rotatable bonds is 4. The van der Waals surface area contributed by atoms with E-state index in [1.165, 1.54) is 17.9 Å². The van der Waals surface area contributed by atoms with Crippen molar-refractivity contribution in [3.05, 3.63) is 17.5 Å². The third-order valence-corrected chi connectivity index (χ3v) is 4.32. The fourth-order valence-corrected chi connectivity index (χ4v) is 2.87. The lowest BCUT2D eigenvalue weighted by atomic mass is 9.81. The molecule has 0 aromatic carbocycles. The van der Waals surface area contributed by atoms with Gasteiger partial charge in [0.05, 0.1) is 11.8 Å². The maximum Gasteiger partial charge on any atom is 0.377 e. The summed E-state index contributed by atoms with van der Waals surface area (Å²) in [5, 5.41) is 13.1. The van der Waals surface area contributed by atoms with E-state index in [4.69, 9.17) is 9.26 Å². The van der Waals surface area contributed by atoms with E-state index in [-0.39, 0.29) is 5.76 Å². The summed E-state index contributed by atoms with van der Waals surface area (Å²) < 4.78 is 9.96. The molecule has 1 aromatic rings. The number of aromatic nitrogens is 1. The molecule has 0 spiro atoms. The third kappa shape index (κ3) is 3.52. The minimum atomic E-state index is -0.995. The number of esters is 1. The van der Waals surface area contributed by atoms with Crippen LogP contribution in [0.25, 0.3) is 0 Å². The van der Waals surface area contributed by atoms with Crippen molar-refractivity contribution in [1.29, 1.82) is 5.26 Å². The van der Waals surface area contributed by atoms with Crippen LogP contribution in [-0.2, 0) is 9.53 Å². The van der Waals surface area contributed by atoms with Crippen LogP contribution in [0.3, 0.4) is 0 Å². The van der Waals surface area contributed by atoms with Crippen LogP contribution >= 0.6 is 0 Å². The molecule has 0 saturated heterocycles. The number of ether oxygens (including phenoxy) is 1. The molecule has 1 saturated carbocycles. The summed E-state index contributed by atoms with van der Waals surface area (Å²) in [4.78, 5) is 25.9. The van der Waals surface area contributed by atoms with Crippen LogP contribution in [0, 0.1) is 18.3 Å². The lowest BCUT2D eigenvalue weighted by molar-refractivity contribution is -0.143. The topological polar surface area (TPSA) is 96.4 Å². The van der Waals surface area contributed by atoms with Crippen LogP contribution in [0.15, 0.2) is 10.6 Å². The molecule has 23 heavy (non-hydrogen) atoms. The van der Waals surface area contributed by atoms with Gasteiger partial charge in [-0.05, 0) is 26.7 Å². The third-order valence-electron chi connectivity index (χ3n) is 4.32. The molecule has 124 valence electrons. The molecule has 1 fully saturated rings. The van der Waals surface area contributed by atoms with Gasteiger partial charge in [0, 0.05) is 13.1 Å². The summed E-state index contributed by atoms with van der Waals surface area (Å²) in [6.07, 6.45) is 3.19. The highest BCUT2D eigenvalue weighted by atomic mass is 16.6. The predicted octanol–water partition coefficient (Wildman–Crippen LogP) is 2.21. The fourth-order valence-electron chi connectivity index (χ4n) is 2.87. The standard InChI is InChI=1S/C16H21N3O4/c1-11-9-13(23-18-11)15(21)22-12(2)14(20)19(3)16(10-17)7-5-4-6-8-16/h9,12H,4-8H2,1-3H3/t12-/m1/s1. The Balaban J connectivity index is 2.03. The van der Waals surface area contributed by atoms with Crippen molar-refractivity contribution in [1.82, 2.24) is 10.1 Å². The monoisotopic (exact) mass is 319 g/mol. The van der Waals surface area contributed by atoms with Gasteiger partial charge in [-0.15, -0.1) is 0 Å². The predicted molar refractivity (Wildman–Crippen MR) is 80.3 cm³/mol. The summed E-state index contributed by atoms with van der Waals surface area (Å²) in [6.45, 7) is 3.18. The van der Waals surface area contributed by atoms with Crippen molar-refractivity contribution in [3.8, 4) is 6.07 Å². The Bertz CT molecular complexity index is 626. The molecule has 7 heteroatoms. The van der Waals surface area contributed by atoms with Crippen LogP contribution in [0.4, 0.5) is 0 Å². The zero-order chi connectivity index (χ0) is 17.0. The van der Waals surface area contributed by atoms with E-state index in [1.807, 2.05) is 0 Å². The Morgan fingerprint density at radius 3 is 2.61 bits per heavy atom. The highest BCUT2D eigenvalue weighted by Crippen LogP contribution is 2.32. The number of likely N-dealkylation sites (N-methyl/N-ethyl adjacent to an activating group) is 1. The van der Waals surface area contributed by atoms with Gasteiger partial charge in [-0.25, -0.2) is 4.79 Å². The quantitative estimate of drug-likeness (QED) is 0.789. The highest BCUT2D eigenvalue weighted by Gasteiger charge is 2.40. The Hall–Kier alpha value is -2.36. The largest absolute Gasteiger partial charge is 0.447 e. The Morgan fingerprint density at radius 2 is 2.09 bits per heavy atom. The van der Waals surface area contributed by atoms with Gasteiger partial charge in [0.15, 0.2) is 6.10 Å². The van der Waals surface area contributed by atoms with Crippen molar-refractivity contribution >= 4 is 11.9 Å². The molecule has 1 aliphatic rings. The van der Waals surface area contributed by atoms with Crippen molar-refractivity contribution in [3.63, 3.8) is 0 Å². The number of carbonyl (C=O) groups excluding carboxylic acids is 2. The number of hydrogen-bond acceptors (Lipinski definition) is 6. The minimum Gasteiger partial charge on any atom is -0.447 e. The SMILES string of the molecule is Cc1cc(C(=O)O[C@H](C)C(=O)N(C)C2(C#N)CCCCC2)on1. The van der Waals surface area contributed by atoms with Crippen molar-refractivity contribution in [2.45, 2.75) is 57.6 Å². The fraction of sp³-hybridized carbons (Fsp3) is 0.625. The normalized spacial score (nSPS) is 17.8. The number of carbonyl (C=O) groups is 2. The first-order valence-corrected chi connectivity index (χ1v) is 7.73. The van der Waals surface area contributed by atoms with Gasteiger partial charge < -0.3 is 14.2 Å². The number of nitriles is 1. The minimum absolute atomic E-state index is 0.0440. The van der Waals surface area contributed by atoms with Crippen molar-refractivity contribution in [2.75, 3.05) is 7.05 Å². The van der Waals surface area contributed by atoms with Gasteiger partial charge in [0.1, 0.15) is 5.54 Å². The van der Waals surface area contributed by atoms with Gasteiger partial charge >= 0.3 is 5.97 Å². The summed E-state index contributed by atoms with van der Waals surface area (Å²) in [6, 6.07) is 3.72. The lowest BCUT2D eigenvalue weighted by Gasteiger charge is -2.39. The lowest BCUT2D eigenvalue weighted by Crippen LogP contribution is -2.53.